The molecule has 0 aliphatic heterocycles. The molecule has 1 aromatic heterocycles. The molecule has 7 heteroatoms. The predicted molar refractivity (Wildman–Crippen MR) is 57.7 cm³/mol. The van der Waals surface area contributed by atoms with E-state index in [0.29, 0.717) is 5.69 Å². The predicted octanol–water partition coefficient (Wildman–Crippen LogP) is -0.406. The van der Waals surface area contributed by atoms with Crippen molar-refractivity contribution in [2.75, 3.05) is 14.2 Å². The summed E-state index contributed by atoms with van der Waals surface area (Å²) in [6, 6.07) is 0. The van der Waals surface area contributed by atoms with Crippen LogP contribution in [0.5, 0.6) is 0 Å². The molecular formula is C10H18N3O4+. The molecule has 0 fully saturated rings. The van der Waals surface area contributed by atoms with Gasteiger partial charge in [-0.15, -0.1) is 0 Å². The van der Waals surface area contributed by atoms with Crippen LogP contribution >= 0.6 is 0 Å². The number of hydrogen-bond acceptors (Lipinski definition) is 5. The highest BCUT2D eigenvalue weighted by atomic mass is 16.8. The Labute approximate surface area is 99.9 Å². The summed E-state index contributed by atoms with van der Waals surface area (Å²) in [4.78, 5) is 29.0. The average molecular weight is 244 g/mol. The van der Waals surface area contributed by atoms with Gasteiger partial charge in [-0.1, -0.05) is 13.8 Å². The van der Waals surface area contributed by atoms with Crippen LogP contribution in [0.3, 0.4) is 0 Å². The molecule has 0 saturated carbocycles. The van der Waals surface area contributed by atoms with Crippen LogP contribution in [0.25, 0.3) is 0 Å². The van der Waals surface area contributed by atoms with Gasteiger partial charge in [0, 0.05) is 14.0 Å². The zero-order chi connectivity index (χ0) is 13.4. The Kier molecular flexibility index (Phi) is 6.54. The summed E-state index contributed by atoms with van der Waals surface area (Å²) in [6.45, 7) is 5.41. The van der Waals surface area contributed by atoms with Crippen molar-refractivity contribution in [3.05, 3.63) is 11.9 Å². The van der Waals surface area contributed by atoms with E-state index in [1.54, 1.807) is 0 Å². The Bertz CT molecular complexity index is 375. The van der Waals surface area contributed by atoms with Crippen LogP contribution < -0.4 is 9.74 Å². The number of hydrogen-bond donors (Lipinski definition) is 0. The van der Waals surface area contributed by atoms with Crippen LogP contribution in [0.2, 0.25) is 0 Å². The van der Waals surface area contributed by atoms with Crippen LogP contribution in [-0.4, -0.2) is 35.9 Å². The lowest BCUT2D eigenvalue weighted by Crippen LogP contribution is -2.37. The number of ketones is 1. The van der Waals surface area contributed by atoms with E-state index < -0.39 is 11.7 Å². The molecule has 17 heavy (non-hydrogen) atoms. The molecule has 7 nitrogen and oxygen atoms in total. The molecule has 0 aliphatic carbocycles. The lowest BCUT2D eigenvalue weighted by atomic mass is 10.3. The molecule has 0 atom stereocenters. The summed E-state index contributed by atoms with van der Waals surface area (Å²) < 4.78 is 4.68. The minimum absolute atomic E-state index is 0.193. The van der Waals surface area contributed by atoms with E-state index in [9.17, 15) is 9.59 Å². The zero-order valence-electron chi connectivity index (χ0n) is 10.8. The number of amides is 1. The van der Waals surface area contributed by atoms with Gasteiger partial charge in [0.25, 0.3) is 11.6 Å². The summed E-state index contributed by atoms with van der Waals surface area (Å²) in [7, 11) is 2.93. The largest absolute Gasteiger partial charge is 0.331 e. The molecule has 0 spiro atoms. The highest BCUT2D eigenvalue weighted by Crippen LogP contribution is 1.97. The van der Waals surface area contributed by atoms with Crippen molar-refractivity contribution in [1.29, 1.82) is 0 Å². The summed E-state index contributed by atoms with van der Waals surface area (Å²) in [5.74, 6) is -1.08. The first-order valence-corrected chi connectivity index (χ1v) is 5.23. The molecule has 0 saturated heterocycles. The molecule has 0 aliphatic rings. The number of Topliss-reactive ketones (excluding diaryl/α,β-unsaturated/α-hetero) is 1. The third-order valence-electron chi connectivity index (χ3n) is 1.72. The van der Waals surface area contributed by atoms with Crippen molar-refractivity contribution in [1.82, 2.24) is 10.1 Å². The van der Waals surface area contributed by atoms with Crippen LogP contribution in [0.4, 0.5) is 0 Å². The third kappa shape index (κ3) is 4.62. The zero-order valence-corrected chi connectivity index (χ0v) is 10.8. The molecule has 0 N–H and O–H groups in total. The molecule has 0 bridgehead atoms. The lowest BCUT2D eigenvalue weighted by molar-refractivity contribution is -1.02. The summed E-state index contributed by atoms with van der Waals surface area (Å²) in [6.07, 6.45) is 1.48. The van der Waals surface area contributed by atoms with E-state index in [2.05, 4.69) is 9.79 Å². The Hall–Kier alpha value is -1.92. The highest BCUT2D eigenvalue weighted by Gasteiger charge is 2.20. The average Bonchev–Trinajstić information content (AvgIpc) is 2.78. The maximum Gasteiger partial charge on any atom is 0.289 e. The van der Waals surface area contributed by atoms with Crippen molar-refractivity contribution in [2.45, 2.75) is 27.3 Å². The van der Waals surface area contributed by atoms with E-state index in [-0.39, 0.29) is 6.54 Å². The minimum Gasteiger partial charge on any atom is -0.331 e. The monoisotopic (exact) mass is 244 g/mol. The van der Waals surface area contributed by atoms with Crippen molar-refractivity contribution in [3.63, 3.8) is 0 Å². The Morgan fingerprint density at radius 1 is 1.53 bits per heavy atom. The van der Waals surface area contributed by atoms with Gasteiger partial charge in [0.05, 0.1) is 6.54 Å². The summed E-state index contributed by atoms with van der Waals surface area (Å²) >= 11 is 0. The fraction of sp³-hybridized carbons (Fsp3) is 0.600. The van der Waals surface area contributed by atoms with Crippen LogP contribution in [0.1, 0.15) is 26.5 Å². The Morgan fingerprint density at radius 3 is 2.53 bits per heavy atom. The van der Waals surface area contributed by atoms with Gasteiger partial charge in [0.2, 0.25) is 12.0 Å². The first-order chi connectivity index (χ1) is 8.04. The van der Waals surface area contributed by atoms with E-state index in [4.69, 9.17) is 4.84 Å². The van der Waals surface area contributed by atoms with Crippen LogP contribution in [-0.2, 0) is 16.1 Å². The van der Waals surface area contributed by atoms with Gasteiger partial charge in [-0.2, -0.15) is 0 Å². The summed E-state index contributed by atoms with van der Waals surface area (Å²) in [5.41, 5.74) is 0.494. The van der Waals surface area contributed by atoms with Gasteiger partial charge in [-0.05, 0) is 4.63 Å². The van der Waals surface area contributed by atoms with Gasteiger partial charge in [-0.25, -0.2) is 0 Å². The summed E-state index contributed by atoms with van der Waals surface area (Å²) in [5, 5.41) is 3.63. The van der Waals surface area contributed by atoms with E-state index in [1.807, 2.05) is 13.8 Å². The molecule has 1 amide bonds. The van der Waals surface area contributed by atoms with Gasteiger partial charge in [-0.3, -0.25) is 9.59 Å². The third-order valence-corrected chi connectivity index (χ3v) is 1.72. The van der Waals surface area contributed by atoms with Gasteiger partial charge in [0.15, 0.2) is 5.16 Å². The molecule has 1 rings (SSSR count). The second kappa shape index (κ2) is 7.37. The van der Waals surface area contributed by atoms with E-state index in [1.165, 1.54) is 32.2 Å². The first-order valence-electron chi connectivity index (χ1n) is 5.23. The van der Waals surface area contributed by atoms with E-state index >= 15 is 0 Å². The van der Waals surface area contributed by atoms with Crippen molar-refractivity contribution in [3.8, 4) is 0 Å². The second-order valence-electron chi connectivity index (χ2n) is 2.98. The van der Waals surface area contributed by atoms with Crippen molar-refractivity contribution in [2.24, 2.45) is 0 Å². The lowest BCUT2D eigenvalue weighted by Gasteiger charge is -2.10. The number of nitrogens with zero attached hydrogens (tertiary/aromatic N) is 3. The molecule has 0 unspecified atom stereocenters. The number of carbonyl (C=O) groups is 2. The smallest absolute Gasteiger partial charge is 0.289 e. The van der Waals surface area contributed by atoms with Crippen molar-refractivity contribution >= 4 is 11.7 Å². The standard InChI is InChI=1S/C8H12N3O4.C2H6/c1-6(12)8(13)10(2)4-7-5-11(14-3)15-9-7;1-2/h5H,4H2,1-3H3;1-2H3/q+1;. The fourth-order valence-corrected chi connectivity index (χ4v) is 1.00. The van der Waals surface area contributed by atoms with Gasteiger partial charge in [0.1, 0.15) is 12.0 Å². The van der Waals surface area contributed by atoms with E-state index in [0.717, 1.165) is 4.90 Å². The fourth-order valence-electron chi connectivity index (χ4n) is 1.00. The number of likely N-dealkylation sites (N-methyl/N-ethyl adjacent to an activating group) is 1. The first kappa shape index (κ1) is 15.1. The van der Waals surface area contributed by atoms with Gasteiger partial charge < -0.3 is 9.74 Å². The molecule has 1 heterocycles. The maximum atomic E-state index is 11.2. The SMILES string of the molecule is CC.CO[n+]1cc(CN(C)C(=O)C(C)=O)no1. The topological polar surface area (TPSA) is 76.5 Å². The quantitative estimate of drug-likeness (QED) is 0.673. The Morgan fingerprint density at radius 2 is 2.12 bits per heavy atom. The Balaban J connectivity index is 0.00000121. The normalized spacial score (nSPS) is 9.00. The number of rotatable bonds is 4. The molecular weight excluding hydrogens is 226 g/mol. The number of carbonyl (C=O) groups excluding carboxylic acids is 2. The van der Waals surface area contributed by atoms with Gasteiger partial charge >= 0.3 is 0 Å². The highest BCUT2D eigenvalue weighted by molar-refractivity contribution is 6.34. The molecule has 1 aromatic rings. The number of aromatic nitrogens is 2. The molecule has 0 aromatic carbocycles. The van der Waals surface area contributed by atoms with Crippen LogP contribution in [0.15, 0.2) is 10.8 Å². The molecule has 96 valence electrons. The van der Waals surface area contributed by atoms with Crippen molar-refractivity contribution < 1.29 is 24.0 Å². The molecule has 0 radical (unpaired) electrons. The second-order valence-corrected chi connectivity index (χ2v) is 2.98. The van der Waals surface area contributed by atoms with Crippen LogP contribution in [0, 0.1) is 0 Å². The minimum atomic E-state index is -0.568. The maximum absolute atomic E-state index is 11.2.